The maximum atomic E-state index is 12.5. The molecule has 1 rings (SSSR count). The summed E-state index contributed by atoms with van der Waals surface area (Å²) in [4.78, 5) is 0. The summed E-state index contributed by atoms with van der Waals surface area (Å²) < 4.78 is 37.5. The maximum Gasteiger partial charge on any atom is 0.416 e. The highest BCUT2D eigenvalue weighted by molar-refractivity contribution is 5.85. The van der Waals surface area contributed by atoms with Crippen molar-refractivity contribution in [3.8, 4) is 0 Å². The van der Waals surface area contributed by atoms with E-state index < -0.39 is 11.7 Å². The van der Waals surface area contributed by atoms with Gasteiger partial charge >= 0.3 is 6.18 Å². The molecule has 0 fully saturated rings. The first-order valence-corrected chi connectivity index (χ1v) is 5.94. The maximum absolute atomic E-state index is 12.5. The molecule has 0 bridgehead atoms. The fourth-order valence-corrected chi connectivity index (χ4v) is 1.84. The van der Waals surface area contributed by atoms with E-state index in [1.165, 1.54) is 12.1 Å². The number of nitrogens with two attached hydrogens (primary N) is 1. The predicted molar refractivity (Wildman–Crippen MR) is 71.3 cm³/mol. The molecule has 0 saturated carbocycles. The molecule has 0 aliphatic rings. The largest absolute Gasteiger partial charge is 0.416 e. The van der Waals surface area contributed by atoms with Crippen molar-refractivity contribution in [1.82, 2.24) is 0 Å². The summed E-state index contributed by atoms with van der Waals surface area (Å²) in [5.74, 6) is 0.157. The summed E-state index contributed by atoms with van der Waals surface area (Å²) in [6.07, 6.45) is -2.46. The second-order valence-corrected chi connectivity index (χ2v) is 4.35. The first-order valence-electron chi connectivity index (χ1n) is 5.94. The normalized spacial score (nSPS) is 12.9. The van der Waals surface area contributed by atoms with Gasteiger partial charge in [0.1, 0.15) is 0 Å². The Balaban J connectivity index is 0.00000324. The Hall–Kier alpha value is -0.780. The molecule has 2 nitrogen and oxygen atoms in total. The quantitative estimate of drug-likeness (QED) is 0.848. The number of aliphatic hydroxyl groups is 1. The van der Waals surface area contributed by atoms with Crippen molar-refractivity contribution < 1.29 is 18.3 Å². The summed E-state index contributed by atoms with van der Waals surface area (Å²) in [7, 11) is 0. The second-order valence-electron chi connectivity index (χ2n) is 4.35. The fraction of sp³-hybridized carbons (Fsp3) is 0.538. The van der Waals surface area contributed by atoms with Crippen LogP contribution in [0.15, 0.2) is 24.3 Å². The van der Waals surface area contributed by atoms with Crippen molar-refractivity contribution in [3.63, 3.8) is 0 Å². The van der Waals surface area contributed by atoms with Crippen LogP contribution in [0.3, 0.4) is 0 Å². The number of halogens is 4. The van der Waals surface area contributed by atoms with Gasteiger partial charge in [-0.15, -0.1) is 12.4 Å². The molecule has 0 aromatic heterocycles. The third-order valence-corrected chi connectivity index (χ3v) is 2.97. The fourth-order valence-electron chi connectivity index (χ4n) is 1.84. The predicted octanol–water partition coefficient (Wildman–Crippen LogP) is 3.02. The Morgan fingerprint density at radius 3 is 2.42 bits per heavy atom. The summed E-state index contributed by atoms with van der Waals surface area (Å²) in [6, 6.07) is 5.34. The highest BCUT2D eigenvalue weighted by Gasteiger charge is 2.30. The van der Waals surface area contributed by atoms with Gasteiger partial charge in [-0.25, -0.2) is 0 Å². The molecular weight excluding hydrogens is 279 g/mol. The molecule has 0 heterocycles. The van der Waals surface area contributed by atoms with Gasteiger partial charge in [-0.1, -0.05) is 18.2 Å². The Morgan fingerprint density at radius 1 is 1.21 bits per heavy atom. The number of benzene rings is 1. The van der Waals surface area contributed by atoms with Gasteiger partial charge in [0.05, 0.1) is 5.56 Å². The lowest BCUT2D eigenvalue weighted by Crippen LogP contribution is -2.16. The van der Waals surface area contributed by atoms with Gasteiger partial charge < -0.3 is 10.8 Å². The van der Waals surface area contributed by atoms with Crippen LogP contribution in [-0.2, 0) is 12.6 Å². The topological polar surface area (TPSA) is 46.2 Å². The van der Waals surface area contributed by atoms with Gasteiger partial charge in [0, 0.05) is 6.61 Å². The highest BCUT2D eigenvalue weighted by atomic mass is 35.5. The zero-order valence-electron chi connectivity index (χ0n) is 10.5. The van der Waals surface area contributed by atoms with Crippen LogP contribution in [0, 0.1) is 5.92 Å². The molecule has 0 saturated heterocycles. The van der Waals surface area contributed by atoms with Gasteiger partial charge in [0.25, 0.3) is 0 Å². The van der Waals surface area contributed by atoms with Crippen LogP contribution in [0.25, 0.3) is 0 Å². The van der Waals surface area contributed by atoms with E-state index in [0.29, 0.717) is 31.4 Å². The van der Waals surface area contributed by atoms with Crippen molar-refractivity contribution in [2.75, 3.05) is 13.2 Å². The number of aliphatic hydroxyl groups excluding tert-OH is 1. The zero-order chi connectivity index (χ0) is 13.6. The summed E-state index contributed by atoms with van der Waals surface area (Å²) in [6.45, 7) is 0.504. The number of hydrogen-bond acceptors (Lipinski definition) is 2. The molecule has 0 amide bonds. The molecule has 3 N–H and O–H groups in total. The van der Waals surface area contributed by atoms with E-state index in [1.54, 1.807) is 6.07 Å². The molecule has 1 atom stereocenters. The van der Waals surface area contributed by atoms with E-state index in [4.69, 9.17) is 10.8 Å². The van der Waals surface area contributed by atoms with Crippen molar-refractivity contribution >= 4 is 12.4 Å². The Labute approximate surface area is 117 Å². The number of aryl methyl sites for hydroxylation is 1. The van der Waals surface area contributed by atoms with Gasteiger partial charge in [-0.05, 0) is 43.4 Å². The molecule has 19 heavy (non-hydrogen) atoms. The SMILES string of the molecule is Cl.NCC(CCO)CCc1cccc(C(F)(F)F)c1. The zero-order valence-corrected chi connectivity index (χ0v) is 11.3. The monoisotopic (exact) mass is 297 g/mol. The van der Waals surface area contributed by atoms with E-state index in [9.17, 15) is 13.2 Å². The Morgan fingerprint density at radius 2 is 1.89 bits per heavy atom. The van der Waals surface area contributed by atoms with Crippen molar-refractivity contribution in [1.29, 1.82) is 0 Å². The van der Waals surface area contributed by atoms with E-state index >= 15 is 0 Å². The van der Waals surface area contributed by atoms with Crippen LogP contribution in [-0.4, -0.2) is 18.3 Å². The summed E-state index contributed by atoms with van der Waals surface area (Å²) >= 11 is 0. The first kappa shape index (κ1) is 18.2. The minimum absolute atomic E-state index is 0. The standard InChI is InChI=1S/C13H18F3NO.ClH/c14-13(15,16)12-3-1-2-10(8-12)4-5-11(9-17)6-7-18;/h1-3,8,11,18H,4-7,9,17H2;1H. The molecular formula is C13H19ClF3NO. The van der Waals surface area contributed by atoms with Crippen molar-refractivity contribution in [2.24, 2.45) is 11.7 Å². The minimum Gasteiger partial charge on any atom is -0.396 e. The van der Waals surface area contributed by atoms with E-state index in [1.807, 2.05) is 0 Å². The van der Waals surface area contributed by atoms with Crippen LogP contribution >= 0.6 is 12.4 Å². The van der Waals surface area contributed by atoms with E-state index in [-0.39, 0.29) is 24.9 Å². The van der Waals surface area contributed by atoms with Crippen LogP contribution in [0.4, 0.5) is 13.2 Å². The van der Waals surface area contributed by atoms with Crippen molar-refractivity contribution in [3.05, 3.63) is 35.4 Å². The molecule has 1 aromatic carbocycles. The Kier molecular flexibility index (Phi) is 8.06. The van der Waals surface area contributed by atoms with Gasteiger partial charge in [0.15, 0.2) is 0 Å². The van der Waals surface area contributed by atoms with Crippen LogP contribution in [0.2, 0.25) is 0 Å². The molecule has 0 spiro atoms. The molecule has 6 heteroatoms. The molecule has 0 radical (unpaired) electrons. The van der Waals surface area contributed by atoms with E-state index in [2.05, 4.69) is 0 Å². The van der Waals surface area contributed by atoms with Gasteiger partial charge in [0.2, 0.25) is 0 Å². The summed E-state index contributed by atoms with van der Waals surface area (Å²) in [5.41, 5.74) is 5.57. The van der Waals surface area contributed by atoms with Crippen LogP contribution in [0.1, 0.15) is 24.0 Å². The average Bonchev–Trinajstić information content (AvgIpc) is 2.34. The van der Waals surface area contributed by atoms with Crippen LogP contribution in [0.5, 0.6) is 0 Å². The third-order valence-electron chi connectivity index (χ3n) is 2.97. The van der Waals surface area contributed by atoms with Gasteiger partial charge in [-0.2, -0.15) is 13.2 Å². The number of rotatable bonds is 6. The second kappa shape index (κ2) is 8.40. The Bertz CT molecular complexity index is 371. The first-order chi connectivity index (χ1) is 8.47. The lowest BCUT2D eigenvalue weighted by atomic mass is 9.96. The highest BCUT2D eigenvalue weighted by Crippen LogP contribution is 2.29. The molecule has 0 aliphatic heterocycles. The minimum atomic E-state index is -4.30. The molecule has 110 valence electrons. The van der Waals surface area contributed by atoms with Crippen molar-refractivity contribution in [2.45, 2.75) is 25.4 Å². The van der Waals surface area contributed by atoms with E-state index in [0.717, 1.165) is 6.07 Å². The third kappa shape index (κ3) is 6.27. The van der Waals surface area contributed by atoms with Crippen LogP contribution < -0.4 is 5.73 Å². The smallest absolute Gasteiger partial charge is 0.396 e. The van der Waals surface area contributed by atoms with Gasteiger partial charge in [-0.3, -0.25) is 0 Å². The number of alkyl halides is 3. The lowest BCUT2D eigenvalue weighted by Gasteiger charge is -2.13. The average molecular weight is 298 g/mol. The molecule has 1 aromatic rings. The summed E-state index contributed by atoms with van der Waals surface area (Å²) in [5, 5.41) is 8.81. The molecule has 0 aliphatic carbocycles. The molecule has 1 unspecified atom stereocenters. The number of hydrogen-bond donors (Lipinski definition) is 2. The lowest BCUT2D eigenvalue weighted by molar-refractivity contribution is -0.137.